The molecule has 0 heteroatoms. The van der Waals surface area contributed by atoms with E-state index in [1.54, 1.807) is 0 Å². The minimum Gasteiger partial charge on any atom is -0.103 e. The third-order valence-electron chi connectivity index (χ3n) is 1.05. The third-order valence-corrected chi connectivity index (χ3v) is 1.05. The minimum atomic E-state index is 0.699. The molecule has 0 saturated carbocycles. The van der Waals surface area contributed by atoms with E-state index in [0.29, 0.717) is 5.92 Å². The van der Waals surface area contributed by atoms with Crippen LogP contribution >= 0.6 is 0 Å². The molecule has 1 unspecified atom stereocenters. The molecular formula is C6H12. The van der Waals surface area contributed by atoms with Gasteiger partial charge >= 0.3 is 0 Å². The molecule has 1 atom stereocenters. The predicted molar refractivity (Wildman–Crippen MR) is 29.7 cm³/mol. The molecule has 0 spiro atoms. The maximum Gasteiger partial charge on any atom is -0.0267 e. The van der Waals surface area contributed by atoms with Crippen LogP contribution in [0.1, 0.15) is 20.3 Å². The smallest absolute Gasteiger partial charge is 0.0267 e. The second-order valence-electron chi connectivity index (χ2n) is 1.62. The van der Waals surface area contributed by atoms with Crippen molar-refractivity contribution in [3.05, 3.63) is 12.7 Å². The van der Waals surface area contributed by atoms with E-state index in [0.717, 1.165) is 0 Å². The summed E-state index contributed by atoms with van der Waals surface area (Å²) in [6, 6.07) is 0. The number of hydrogen-bond donors (Lipinski definition) is 0. The van der Waals surface area contributed by atoms with Crippen LogP contribution in [0.3, 0.4) is 0 Å². The van der Waals surface area contributed by atoms with Crippen molar-refractivity contribution in [3.8, 4) is 0 Å². The largest absolute Gasteiger partial charge is 0.103 e. The van der Waals surface area contributed by atoms with Crippen molar-refractivity contribution in [2.75, 3.05) is 0 Å². The van der Waals surface area contributed by atoms with Crippen molar-refractivity contribution in [2.45, 2.75) is 20.3 Å². The third kappa shape index (κ3) is 2.01. The summed E-state index contributed by atoms with van der Waals surface area (Å²) in [5, 5.41) is 0. The van der Waals surface area contributed by atoms with Crippen LogP contribution in [0.25, 0.3) is 0 Å². The Morgan fingerprint density at radius 1 is 1.83 bits per heavy atom. The highest BCUT2D eigenvalue weighted by Crippen LogP contribution is 1.98. The zero-order valence-electron chi connectivity index (χ0n) is 4.57. The van der Waals surface area contributed by atoms with Crippen LogP contribution in [0.4, 0.5) is 0 Å². The Balaban J connectivity index is 2.96. The summed E-state index contributed by atoms with van der Waals surface area (Å²) in [7, 11) is 0. The molecule has 0 aromatic heterocycles. The molecule has 0 radical (unpaired) electrons. The van der Waals surface area contributed by atoms with Crippen LogP contribution in [0.2, 0.25) is 0 Å². The quantitative estimate of drug-likeness (QED) is 0.450. The van der Waals surface area contributed by atoms with Crippen LogP contribution in [0.15, 0.2) is 12.7 Å². The zero-order valence-corrected chi connectivity index (χ0v) is 4.57. The van der Waals surface area contributed by atoms with Crippen molar-refractivity contribution in [3.63, 3.8) is 0 Å². The Labute approximate surface area is 39.9 Å². The molecule has 0 amide bonds. The molecule has 0 aliphatic carbocycles. The predicted octanol–water partition coefficient (Wildman–Crippen LogP) is 2.22. The first kappa shape index (κ1) is 5.74. The SMILES string of the molecule is C=CC(C)CC. The monoisotopic (exact) mass is 84.1 g/mol. The summed E-state index contributed by atoms with van der Waals surface area (Å²) in [6.45, 7) is 7.95. The Hall–Kier alpha value is -0.260. The standard InChI is InChI=1S/C6H12/c1-4-6(3)5-2/h4,6H,1,5H2,2-3H3. The van der Waals surface area contributed by atoms with Gasteiger partial charge in [-0.25, -0.2) is 0 Å². The Morgan fingerprint density at radius 2 is 2.33 bits per heavy atom. The van der Waals surface area contributed by atoms with Gasteiger partial charge in [0.2, 0.25) is 0 Å². The molecule has 0 aliphatic rings. The van der Waals surface area contributed by atoms with Crippen molar-refractivity contribution >= 4 is 0 Å². The highest BCUT2D eigenvalue weighted by atomic mass is 13.9. The molecule has 0 N–H and O–H groups in total. The fourth-order valence-electron chi connectivity index (χ4n) is 0.167. The average Bonchev–Trinajstić information content (AvgIpc) is 1.65. The van der Waals surface area contributed by atoms with E-state index < -0.39 is 0 Å². The van der Waals surface area contributed by atoms with Gasteiger partial charge in [-0.3, -0.25) is 0 Å². The van der Waals surface area contributed by atoms with Crippen molar-refractivity contribution in [1.29, 1.82) is 0 Å². The van der Waals surface area contributed by atoms with Gasteiger partial charge in [-0.05, 0) is 5.92 Å². The van der Waals surface area contributed by atoms with Crippen molar-refractivity contribution in [1.82, 2.24) is 0 Å². The minimum absolute atomic E-state index is 0.699. The van der Waals surface area contributed by atoms with Gasteiger partial charge in [-0.15, -0.1) is 6.58 Å². The lowest BCUT2D eigenvalue weighted by atomic mass is 10.1. The molecule has 0 aliphatic heterocycles. The van der Waals surface area contributed by atoms with Gasteiger partial charge in [0.15, 0.2) is 0 Å². The fraction of sp³-hybridized carbons (Fsp3) is 0.667. The van der Waals surface area contributed by atoms with Gasteiger partial charge in [0.1, 0.15) is 0 Å². The van der Waals surface area contributed by atoms with Crippen molar-refractivity contribution < 1.29 is 0 Å². The molecule has 0 saturated heterocycles. The molecule has 0 fully saturated rings. The second-order valence-corrected chi connectivity index (χ2v) is 1.62. The van der Waals surface area contributed by atoms with Crippen LogP contribution < -0.4 is 0 Å². The molecule has 0 aromatic carbocycles. The number of allylic oxidation sites excluding steroid dienone is 1. The normalized spacial score (nSPS) is 13.7. The van der Waals surface area contributed by atoms with E-state index in [4.69, 9.17) is 0 Å². The lowest BCUT2D eigenvalue weighted by molar-refractivity contribution is 0.700. The first-order valence-corrected chi connectivity index (χ1v) is 2.43. The summed E-state index contributed by atoms with van der Waals surface area (Å²) in [6.07, 6.45) is 3.18. The molecule has 6 heavy (non-hydrogen) atoms. The molecular weight excluding hydrogens is 72.1 g/mol. The Kier molecular flexibility index (Phi) is 2.82. The van der Waals surface area contributed by atoms with E-state index >= 15 is 0 Å². The Bertz CT molecular complexity index is 37.3. The van der Waals surface area contributed by atoms with Gasteiger partial charge in [0, 0.05) is 0 Å². The average molecular weight is 84.2 g/mol. The summed E-state index contributed by atoms with van der Waals surface area (Å²) < 4.78 is 0. The van der Waals surface area contributed by atoms with Crippen molar-refractivity contribution in [2.24, 2.45) is 5.92 Å². The lowest BCUT2D eigenvalue weighted by Crippen LogP contribution is -1.80. The van der Waals surface area contributed by atoms with Gasteiger partial charge in [0.05, 0.1) is 0 Å². The van der Waals surface area contributed by atoms with E-state index in [2.05, 4.69) is 20.4 Å². The first-order valence-electron chi connectivity index (χ1n) is 2.43. The summed E-state index contributed by atoms with van der Waals surface area (Å²) >= 11 is 0. The lowest BCUT2D eigenvalue weighted by Gasteiger charge is -1.93. The highest BCUT2D eigenvalue weighted by molar-refractivity contribution is 4.72. The summed E-state index contributed by atoms with van der Waals surface area (Å²) in [5.41, 5.74) is 0. The first-order chi connectivity index (χ1) is 2.81. The van der Waals surface area contributed by atoms with Gasteiger partial charge in [-0.2, -0.15) is 0 Å². The maximum absolute atomic E-state index is 3.63. The van der Waals surface area contributed by atoms with Gasteiger partial charge < -0.3 is 0 Å². The maximum atomic E-state index is 3.63. The van der Waals surface area contributed by atoms with E-state index in [1.165, 1.54) is 6.42 Å². The summed E-state index contributed by atoms with van der Waals surface area (Å²) in [4.78, 5) is 0. The topological polar surface area (TPSA) is 0 Å². The molecule has 0 nitrogen and oxygen atoms in total. The fourth-order valence-corrected chi connectivity index (χ4v) is 0.167. The van der Waals surface area contributed by atoms with Crippen LogP contribution in [0, 0.1) is 5.92 Å². The van der Waals surface area contributed by atoms with Crippen LogP contribution in [-0.4, -0.2) is 0 Å². The number of rotatable bonds is 2. The highest BCUT2D eigenvalue weighted by Gasteiger charge is 1.84. The Morgan fingerprint density at radius 3 is 2.33 bits per heavy atom. The molecule has 0 heterocycles. The second kappa shape index (κ2) is 2.95. The van der Waals surface area contributed by atoms with Gasteiger partial charge in [-0.1, -0.05) is 26.3 Å². The number of hydrogen-bond acceptors (Lipinski definition) is 0. The van der Waals surface area contributed by atoms with Crippen LogP contribution in [0.5, 0.6) is 0 Å². The van der Waals surface area contributed by atoms with Crippen LogP contribution in [-0.2, 0) is 0 Å². The van der Waals surface area contributed by atoms with E-state index in [9.17, 15) is 0 Å². The molecule has 36 valence electrons. The van der Waals surface area contributed by atoms with E-state index in [-0.39, 0.29) is 0 Å². The molecule has 0 aromatic rings. The van der Waals surface area contributed by atoms with E-state index in [1.807, 2.05) is 6.08 Å². The van der Waals surface area contributed by atoms with Gasteiger partial charge in [0.25, 0.3) is 0 Å². The molecule has 0 rings (SSSR count). The molecule has 0 bridgehead atoms. The summed E-state index contributed by atoms with van der Waals surface area (Å²) in [5.74, 6) is 0.699. The zero-order chi connectivity index (χ0) is 4.99.